The van der Waals surface area contributed by atoms with Gasteiger partial charge in [0.2, 0.25) is 5.91 Å². The van der Waals surface area contributed by atoms with Gasteiger partial charge >= 0.3 is 5.97 Å². The van der Waals surface area contributed by atoms with Crippen molar-refractivity contribution < 1.29 is 14.7 Å². The number of amides is 1. The van der Waals surface area contributed by atoms with Gasteiger partial charge in [0.15, 0.2) is 0 Å². The second-order valence-corrected chi connectivity index (χ2v) is 6.90. The Morgan fingerprint density at radius 1 is 0.960 bits per heavy atom. The van der Waals surface area contributed by atoms with E-state index in [4.69, 9.17) is 0 Å². The van der Waals surface area contributed by atoms with Gasteiger partial charge in [-0.2, -0.15) is 0 Å². The van der Waals surface area contributed by atoms with Crippen molar-refractivity contribution in [2.75, 3.05) is 32.7 Å². The van der Waals surface area contributed by atoms with Crippen molar-refractivity contribution in [2.45, 2.75) is 19.3 Å². The third-order valence-corrected chi connectivity index (χ3v) is 5.31. The van der Waals surface area contributed by atoms with Gasteiger partial charge in [-0.1, -0.05) is 42.5 Å². The number of rotatable bonds is 5. The standard InChI is InChI=1S/C20H26N2O3/c23-19(17-8-4-5-9-18(17)20(24)25)22-14-12-21(13-15-22)11-10-16-6-2-1-3-7-16/h1-7,17-18H,8-15H2,(H,24,25). The van der Waals surface area contributed by atoms with Crippen molar-refractivity contribution in [3.63, 3.8) is 0 Å². The van der Waals surface area contributed by atoms with Crippen molar-refractivity contribution in [3.05, 3.63) is 48.0 Å². The Morgan fingerprint density at radius 2 is 1.60 bits per heavy atom. The Hall–Kier alpha value is -2.14. The lowest BCUT2D eigenvalue weighted by Crippen LogP contribution is -2.52. The van der Waals surface area contributed by atoms with E-state index in [-0.39, 0.29) is 5.91 Å². The molecule has 1 heterocycles. The molecule has 2 unspecified atom stereocenters. The Kier molecular flexibility index (Phi) is 5.87. The summed E-state index contributed by atoms with van der Waals surface area (Å²) in [5.41, 5.74) is 1.33. The topological polar surface area (TPSA) is 60.9 Å². The first-order valence-electron chi connectivity index (χ1n) is 9.08. The SMILES string of the molecule is O=C(O)C1CC=CCC1C(=O)N1CCN(CCc2ccccc2)CC1. The number of benzene rings is 1. The summed E-state index contributed by atoms with van der Waals surface area (Å²) < 4.78 is 0. The van der Waals surface area contributed by atoms with E-state index in [0.29, 0.717) is 25.9 Å². The minimum atomic E-state index is -0.857. The fraction of sp³-hybridized carbons (Fsp3) is 0.500. The summed E-state index contributed by atoms with van der Waals surface area (Å²) in [5, 5.41) is 9.36. The number of nitrogens with zero attached hydrogens (tertiary/aromatic N) is 2. The zero-order valence-electron chi connectivity index (χ0n) is 14.5. The molecule has 1 N–H and O–H groups in total. The summed E-state index contributed by atoms with van der Waals surface area (Å²) in [6.45, 7) is 4.11. The first-order chi connectivity index (χ1) is 12.1. The van der Waals surface area contributed by atoms with Crippen LogP contribution in [0.2, 0.25) is 0 Å². The van der Waals surface area contributed by atoms with E-state index >= 15 is 0 Å². The van der Waals surface area contributed by atoms with Crippen LogP contribution in [0.15, 0.2) is 42.5 Å². The molecule has 0 spiro atoms. The molecule has 1 aliphatic heterocycles. The lowest BCUT2D eigenvalue weighted by Gasteiger charge is -2.37. The summed E-state index contributed by atoms with van der Waals surface area (Å²) in [6.07, 6.45) is 5.85. The fourth-order valence-electron chi connectivity index (χ4n) is 3.72. The predicted octanol–water partition coefficient (Wildman–Crippen LogP) is 2.04. The molecule has 2 aliphatic rings. The van der Waals surface area contributed by atoms with E-state index in [1.54, 1.807) is 0 Å². The third-order valence-electron chi connectivity index (χ3n) is 5.31. The van der Waals surface area contributed by atoms with Crippen LogP contribution in [0.4, 0.5) is 0 Å². The van der Waals surface area contributed by atoms with Crippen molar-refractivity contribution in [2.24, 2.45) is 11.8 Å². The molecule has 0 aromatic heterocycles. The molecule has 134 valence electrons. The monoisotopic (exact) mass is 342 g/mol. The van der Waals surface area contributed by atoms with Crippen LogP contribution >= 0.6 is 0 Å². The summed E-state index contributed by atoms with van der Waals surface area (Å²) in [7, 11) is 0. The normalized spacial score (nSPS) is 24.2. The number of carboxylic acid groups (broad SMARTS) is 1. The number of carbonyl (C=O) groups excluding carboxylic acids is 1. The zero-order valence-corrected chi connectivity index (χ0v) is 14.5. The lowest BCUT2D eigenvalue weighted by atomic mass is 9.82. The number of carboxylic acids is 1. The van der Waals surface area contributed by atoms with Crippen LogP contribution in [0.25, 0.3) is 0 Å². The molecule has 0 radical (unpaired) electrons. The van der Waals surface area contributed by atoms with Gasteiger partial charge in [0, 0.05) is 32.7 Å². The van der Waals surface area contributed by atoms with E-state index < -0.39 is 17.8 Å². The van der Waals surface area contributed by atoms with Crippen LogP contribution in [0.3, 0.4) is 0 Å². The highest BCUT2D eigenvalue weighted by Crippen LogP contribution is 2.28. The molecule has 1 saturated heterocycles. The van der Waals surface area contributed by atoms with Crippen LogP contribution in [0.5, 0.6) is 0 Å². The second kappa shape index (κ2) is 8.30. The van der Waals surface area contributed by atoms with E-state index in [9.17, 15) is 14.7 Å². The molecule has 1 fully saturated rings. The van der Waals surface area contributed by atoms with Crippen molar-refractivity contribution in [1.29, 1.82) is 0 Å². The van der Waals surface area contributed by atoms with Gasteiger partial charge in [0.1, 0.15) is 0 Å². The smallest absolute Gasteiger partial charge is 0.307 e. The average molecular weight is 342 g/mol. The minimum absolute atomic E-state index is 0.0134. The summed E-state index contributed by atoms with van der Waals surface area (Å²) in [4.78, 5) is 28.4. The van der Waals surface area contributed by atoms with Crippen LogP contribution in [0.1, 0.15) is 18.4 Å². The van der Waals surface area contributed by atoms with Gasteiger partial charge in [0.25, 0.3) is 0 Å². The lowest BCUT2D eigenvalue weighted by molar-refractivity contribution is -0.151. The van der Waals surface area contributed by atoms with Crippen molar-refractivity contribution >= 4 is 11.9 Å². The molecular formula is C20H26N2O3. The van der Waals surface area contributed by atoms with Crippen LogP contribution < -0.4 is 0 Å². The summed E-state index contributed by atoms with van der Waals surface area (Å²) >= 11 is 0. The summed E-state index contributed by atoms with van der Waals surface area (Å²) in [5.74, 6) is -1.82. The second-order valence-electron chi connectivity index (χ2n) is 6.90. The Morgan fingerprint density at radius 3 is 2.24 bits per heavy atom. The molecule has 25 heavy (non-hydrogen) atoms. The highest BCUT2D eigenvalue weighted by atomic mass is 16.4. The first-order valence-corrected chi connectivity index (χ1v) is 9.08. The van der Waals surface area contributed by atoms with Crippen molar-refractivity contribution in [1.82, 2.24) is 9.80 Å². The van der Waals surface area contributed by atoms with E-state index in [1.165, 1.54) is 5.56 Å². The molecule has 2 atom stereocenters. The molecule has 5 nitrogen and oxygen atoms in total. The molecule has 1 aliphatic carbocycles. The van der Waals surface area contributed by atoms with Crippen LogP contribution in [-0.4, -0.2) is 59.5 Å². The van der Waals surface area contributed by atoms with E-state index in [0.717, 1.165) is 26.1 Å². The Balaban J connectivity index is 1.49. The van der Waals surface area contributed by atoms with Gasteiger partial charge in [-0.15, -0.1) is 0 Å². The Bertz CT molecular complexity index is 621. The first kappa shape index (κ1) is 17.7. The van der Waals surface area contributed by atoms with Gasteiger partial charge in [0.05, 0.1) is 11.8 Å². The van der Waals surface area contributed by atoms with Gasteiger partial charge < -0.3 is 10.0 Å². The van der Waals surface area contributed by atoms with Crippen LogP contribution in [-0.2, 0) is 16.0 Å². The highest BCUT2D eigenvalue weighted by Gasteiger charge is 2.37. The molecule has 1 aromatic carbocycles. The third kappa shape index (κ3) is 4.48. The van der Waals surface area contributed by atoms with Crippen molar-refractivity contribution in [3.8, 4) is 0 Å². The molecular weight excluding hydrogens is 316 g/mol. The van der Waals surface area contributed by atoms with Gasteiger partial charge in [-0.05, 0) is 24.8 Å². The highest BCUT2D eigenvalue weighted by molar-refractivity contribution is 5.85. The molecule has 5 heteroatoms. The molecule has 0 saturated carbocycles. The maximum Gasteiger partial charge on any atom is 0.307 e. The minimum Gasteiger partial charge on any atom is -0.481 e. The maximum atomic E-state index is 12.8. The Labute approximate surface area is 148 Å². The number of piperazine rings is 1. The zero-order chi connectivity index (χ0) is 17.6. The molecule has 3 rings (SSSR count). The molecule has 1 amide bonds. The van der Waals surface area contributed by atoms with Gasteiger partial charge in [-0.25, -0.2) is 0 Å². The number of aliphatic carboxylic acids is 1. The van der Waals surface area contributed by atoms with E-state index in [2.05, 4.69) is 29.2 Å². The van der Waals surface area contributed by atoms with Gasteiger partial charge in [-0.3, -0.25) is 14.5 Å². The average Bonchev–Trinajstić information content (AvgIpc) is 2.67. The predicted molar refractivity (Wildman–Crippen MR) is 96.2 cm³/mol. The number of hydrogen-bond donors (Lipinski definition) is 1. The fourth-order valence-corrected chi connectivity index (χ4v) is 3.72. The number of hydrogen-bond acceptors (Lipinski definition) is 3. The van der Waals surface area contributed by atoms with Crippen LogP contribution in [0, 0.1) is 11.8 Å². The molecule has 1 aromatic rings. The molecule has 0 bridgehead atoms. The largest absolute Gasteiger partial charge is 0.481 e. The quantitative estimate of drug-likeness (QED) is 0.832. The number of allylic oxidation sites excluding steroid dienone is 2. The number of carbonyl (C=O) groups is 2. The van der Waals surface area contributed by atoms with E-state index in [1.807, 2.05) is 23.1 Å². The summed E-state index contributed by atoms with van der Waals surface area (Å²) in [6, 6.07) is 10.4. The maximum absolute atomic E-state index is 12.8.